The molecule has 5 nitrogen and oxygen atoms in total. The molecule has 2 aromatic carbocycles. The highest BCUT2D eigenvalue weighted by Gasteiger charge is 2.22. The Morgan fingerprint density at radius 2 is 2.00 bits per heavy atom. The zero-order chi connectivity index (χ0) is 21.4. The highest BCUT2D eigenvalue weighted by molar-refractivity contribution is 7.98. The quantitative estimate of drug-likeness (QED) is 0.344. The van der Waals surface area contributed by atoms with E-state index < -0.39 is 0 Å². The van der Waals surface area contributed by atoms with E-state index in [1.807, 2.05) is 48.5 Å². The van der Waals surface area contributed by atoms with Crippen LogP contribution in [0.25, 0.3) is 10.2 Å². The molecule has 2 heterocycles. The molecular formula is C24H21N3O2S2. The summed E-state index contributed by atoms with van der Waals surface area (Å²) < 4.78 is 1.66. The number of hydrogen-bond donors (Lipinski definition) is 1. The summed E-state index contributed by atoms with van der Waals surface area (Å²) in [4.78, 5) is 32.5. The predicted molar refractivity (Wildman–Crippen MR) is 127 cm³/mol. The first-order valence-corrected chi connectivity index (χ1v) is 12.0. The molecule has 0 saturated carbocycles. The first-order chi connectivity index (χ1) is 15.1. The van der Waals surface area contributed by atoms with Gasteiger partial charge in [0.25, 0.3) is 11.5 Å². The molecule has 0 spiro atoms. The standard InChI is InChI=1S/C24H21N3O2S2/c1-27-23(29)20-18-11-6-12-19(18)31-22(20)26-24(27)30-14-15-7-5-8-16(13-15)21(28)25-17-9-3-2-4-10-17/h2-5,7-10,13H,6,11-12,14H2,1H3,(H,25,28). The van der Waals surface area contributed by atoms with Gasteiger partial charge >= 0.3 is 0 Å². The number of aromatic nitrogens is 2. The fourth-order valence-electron chi connectivity index (χ4n) is 3.91. The second-order valence-electron chi connectivity index (χ2n) is 7.61. The molecule has 0 radical (unpaired) electrons. The van der Waals surface area contributed by atoms with Crippen LogP contribution in [0.3, 0.4) is 0 Å². The number of nitrogens with zero attached hydrogens (tertiary/aromatic N) is 2. The van der Waals surface area contributed by atoms with Crippen LogP contribution in [0.15, 0.2) is 64.5 Å². The van der Waals surface area contributed by atoms with Crippen LogP contribution in [-0.4, -0.2) is 15.5 Å². The van der Waals surface area contributed by atoms with Crippen molar-refractivity contribution in [3.63, 3.8) is 0 Å². The molecule has 1 aliphatic carbocycles. The first-order valence-electron chi connectivity index (χ1n) is 10.2. The topological polar surface area (TPSA) is 64.0 Å². The Bertz CT molecular complexity index is 1340. The fraction of sp³-hybridized carbons (Fsp3) is 0.208. The Kier molecular flexibility index (Phi) is 5.38. The lowest BCUT2D eigenvalue weighted by Crippen LogP contribution is -2.20. The van der Waals surface area contributed by atoms with Crippen LogP contribution in [0.1, 0.15) is 32.8 Å². The number of para-hydroxylation sites is 1. The summed E-state index contributed by atoms with van der Waals surface area (Å²) in [5, 5.41) is 4.43. The Balaban J connectivity index is 1.35. The number of fused-ring (bicyclic) bond motifs is 3. The largest absolute Gasteiger partial charge is 0.322 e. The average molecular weight is 448 g/mol. The van der Waals surface area contributed by atoms with E-state index in [1.165, 1.54) is 22.2 Å². The van der Waals surface area contributed by atoms with Crippen LogP contribution in [-0.2, 0) is 25.6 Å². The molecule has 1 amide bonds. The van der Waals surface area contributed by atoms with E-state index in [0.29, 0.717) is 16.5 Å². The van der Waals surface area contributed by atoms with E-state index in [0.717, 1.165) is 40.7 Å². The van der Waals surface area contributed by atoms with Crippen molar-refractivity contribution in [2.75, 3.05) is 5.32 Å². The molecule has 0 unspecified atom stereocenters. The van der Waals surface area contributed by atoms with E-state index >= 15 is 0 Å². The van der Waals surface area contributed by atoms with Gasteiger partial charge in [0.15, 0.2) is 5.16 Å². The van der Waals surface area contributed by atoms with E-state index in [4.69, 9.17) is 4.98 Å². The average Bonchev–Trinajstić information content (AvgIpc) is 3.37. The number of nitrogens with one attached hydrogen (secondary N) is 1. The number of anilines is 1. The summed E-state index contributed by atoms with van der Waals surface area (Å²) in [6.45, 7) is 0. The van der Waals surface area contributed by atoms with Gasteiger partial charge in [-0.25, -0.2) is 4.98 Å². The highest BCUT2D eigenvalue weighted by Crippen LogP contribution is 2.35. The van der Waals surface area contributed by atoms with Crippen LogP contribution in [0, 0.1) is 0 Å². The lowest BCUT2D eigenvalue weighted by molar-refractivity contribution is 0.102. The van der Waals surface area contributed by atoms with Gasteiger partial charge in [-0.05, 0) is 54.7 Å². The van der Waals surface area contributed by atoms with E-state index in [2.05, 4.69) is 5.32 Å². The number of thioether (sulfide) groups is 1. The number of rotatable bonds is 5. The van der Waals surface area contributed by atoms with Crippen LogP contribution < -0.4 is 10.9 Å². The van der Waals surface area contributed by atoms with Gasteiger partial charge in [0.2, 0.25) is 0 Å². The molecule has 0 fully saturated rings. The zero-order valence-electron chi connectivity index (χ0n) is 17.1. The molecule has 156 valence electrons. The van der Waals surface area contributed by atoms with Gasteiger partial charge in [-0.15, -0.1) is 11.3 Å². The predicted octanol–water partition coefficient (Wildman–Crippen LogP) is 5.03. The van der Waals surface area contributed by atoms with E-state index in [1.54, 1.807) is 29.0 Å². The van der Waals surface area contributed by atoms with Crippen molar-refractivity contribution in [3.8, 4) is 0 Å². The number of hydrogen-bond acceptors (Lipinski definition) is 5. The third-order valence-corrected chi connectivity index (χ3v) is 7.78. The van der Waals surface area contributed by atoms with Crippen molar-refractivity contribution < 1.29 is 4.79 Å². The molecule has 0 atom stereocenters. The van der Waals surface area contributed by atoms with Crippen molar-refractivity contribution in [1.82, 2.24) is 9.55 Å². The van der Waals surface area contributed by atoms with Crippen molar-refractivity contribution in [3.05, 3.63) is 86.5 Å². The maximum atomic E-state index is 13.0. The summed E-state index contributed by atoms with van der Waals surface area (Å²) >= 11 is 3.18. The van der Waals surface area contributed by atoms with Crippen molar-refractivity contribution in [1.29, 1.82) is 0 Å². The normalized spacial score (nSPS) is 12.8. The van der Waals surface area contributed by atoms with E-state index in [-0.39, 0.29) is 11.5 Å². The van der Waals surface area contributed by atoms with Crippen LogP contribution in [0.2, 0.25) is 0 Å². The smallest absolute Gasteiger partial charge is 0.262 e. The Labute approximate surface area is 188 Å². The molecule has 1 N–H and O–H groups in total. The van der Waals surface area contributed by atoms with E-state index in [9.17, 15) is 9.59 Å². The molecule has 0 bridgehead atoms. The van der Waals surface area contributed by atoms with Gasteiger partial charge in [0.05, 0.1) is 5.39 Å². The van der Waals surface area contributed by atoms with Gasteiger partial charge in [0.1, 0.15) is 4.83 Å². The van der Waals surface area contributed by atoms with Gasteiger partial charge in [-0.1, -0.05) is 42.1 Å². The summed E-state index contributed by atoms with van der Waals surface area (Å²) in [6.07, 6.45) is 3.17. The molecule has 4 aromatic rings. The SMILES string of the molecule is Cn1c(SCc2cccc(C(=O)Nc3ccccc3)c2)nc2sc3c(c2c1=O)CCC3. The molecule has 1 aliphatic rings. The molecular weight excluding hydrogens is 426 g/mol. The Hall–Kier alpha value is -2.90. The van der Waals surface area contributed by atoms with Gasteiger partial charge < -0.3 is 5.32 Å². The van der Waals surface area contributed by atoms with Crippen LogP contribution >= 0.6 is 23.1 Å². The molecule has 2 aromatic heterocycles. The summed E-state index contributed by atoms with van der Waals surface area (Å²) in [7, 11) is 1.79. The number of aryl methyl sites for hydroxylation is 2. The maximum Gasteiger partial charge on any atom is 0.262 e. The molecule has 0 saturated heterocycles. The number of benzene rings is 2. The monoisotopic (exact) mass is 447 g/mol. The van der Waals surface area contributed by atoms with Gasteiger partial charge in [-0.2, -0.15) is 0 Å². The Morgan fingerprint density at radius 3 is 2.84 bits per heavy atom. The molecule has 5 rings (SSSR count). The third-order valence-electron chi connectivity index (χ3n) is 5.49. The molecule has 31 heavy (non-hydrogen) atoms. The lowest BCUT2D eigenvalue weighted by Gasteiger charge is -2.09. The van der Waals surface area contributed by atoms with Crippen LogP contribution in [0.5, 0.6) is 0 Å². The minimum absolute atomic E-state index is 0.0443. The lowest BCUT2D eigenvalue weighted by atomic mass is 10.1. The first kappa shape index (κ1) is 20.0. The minimum atomic E-state index is -0.141. The van der Waals surface area contributed by atoms with Crippen molar-refractivity contribution in [2.24, 2.45) is 7.05 Å². The number of carbonyl (C=O) groups excluding carboxylic acids is 1. The van der Waals surface area contributed by atoms with Gasteiger partial charge in [0, 0.05) is 28.9 Å². The summed E-state index contributed by atoms with van der Waals surface area (Å²) in [6, 6.07) is 17.0. The molecule has 0 aliphatic heterocycles. The second-order valence-corrected chi connectivity index (χ2v) is 9.63. The second kappa shape index (κ2) is 8.32. The summed E-state index contributed by atoms with van der Waals surface area (Å²) in [5.41, 5.74) is 3.63. The third kappa shape index (κ3) is 3.91. The van der Waals surface area contributed by atoms with Crippen molar-refractivity contribution in [2.45, 2.75) is 30.2 Å². The molecule has 7 heteroatoms. The zero-order valence-corrected chi connectivity index (χ0v) is 18.7. The Morgan fingerprint density at radius 1 is 1.16 bits per heavy atom. The fourth-order valence-corrected chi connectivity index (χ4v) is 6.13. The van der Waals surface area contributed by atoms with Crippen LogP contribution in [0.4, 0.5) is 5.69 Å². The summed E-state index contributed by atoms with van der Waals surface area (Å²) in [5.74, 6) is 0.488. The highest BCUT2D eigenvalue weighted by atomic mass is 32.2. The maximum absolute atomic E-state index is 13.0. The number of carbonyl (C=O) groups is 1. The van der Waals surface area contributed by atoms with Crippen molar-refractivity contribution >= 4 is 44.9 Å². The number of thiophene rings is 1. The minimum Gasteiger partial charge on any atom is -0.322 e. The van der Waals surface area contributed by atoms with Gasteiger partial charge in [-0.3, -0.25) is 14.2 Å². The number of amides is 1.